The van der Waals surface area contributed by atoms with E-state index in [4.69, 9.17) is 0 Å². The van der Waals surface area contributed by atoms with Gasteiger partial charge in [0.2, 0.25) is 0 Å². The summed E-state index contributed by atoms with van der Waals surface area (Å²) in [6.07, 6.45) is 10.5. The highest BCUT2D eigenvalue weighted by atomic mass is 14.7. The quantitative estimate of drug-likeness (QED) is 0.533. The fourth-order valence-corrected chi connectivity index (χ4v) is 3.20. The first kappa shape index (κ1) is 6.05. The fourth-order valence-electron chi connectivity index (χ4n) is 3.20. The number of hydrogen-bond acceptors (Lipinski definition) is 0. The molecule has 3 rings (SSSR count). The van der Waals surface area contributed by atoms with Crippen molar-refractivity contribution in [3.05, 3.63) is 23.3 Å². The summed E-state index contributed by atoms with van der Waals surface area (Å²) < 4.78 is 0. The number of fused-ring (bicyclic) bond motifs is 1. The molecule has 3 aliphatic carbocycles. The van der Waals surface area contributed by atoms with E-state index < -0.39 is 0 Å². The van der Waals surface area contributed by atoms with Crippen LogP contribution in [0.4, 0.5) is 0 Å². The van der Waals surface area contributed by atoms with Gasteiger partial charge in [0.15, 0.2) is 0 Å². The molecule has 11 heavy (non-hydrogen) atoms. The topological polar surface area (TPSA) is 0 Å². The molecule has 2 saturated carbocycles. The van der Waals surface area contributed by atoms with Gasteiger partial charge in [-0.3, -0.25) is 0 Å². The van der Waals surface area contributed by atoms with Crippen molar-refractivity contribution in [2.45, 2.75) is 32.6 Å². The van der Waals surface area contributed by atoms with E-state index >= 15 is 0 Å². The second-order valence-electron chi connectivity index (χ2n) is 4.08. The highest BCUT2D eigenvalue weighted by molar-refractivity contribution is 5.65. The average molecular weight is 146 g/mol. The van der Waals surface area contributed by atoms with E-state index in [1.165, 1.54) is 25.7 Å². The Bertz CT molecular complexity index is 270. The Morgan fingerprint density at radius 3 is 3.27 bits per heavy atom. The van der Waals surface area contributed by atoms with Gasteiger partial charge in [-0.05, 0) is 30.8 Å². The lowest BCUT2D eigenvalue weighted by molar-refractivity contribution is 0.596. The van der Waals surface area contributed by atoms with E-state index in [0.717, 1.165) is 5.92 Å². The Morgan fingerprint density at radius 2 is 2.64 bits per heavy atom. The van der Waals surface area contributed by atoms with Crippen LogP contribution in [-0.4, -0.2) is 0 Å². The molecule has 0 heteroatoms. The Balaban J connectivity index is 1.97. The molecule has 0 heterocycles. The summed E-state index contributed by atoms with van der Waals surface area (Å²) in [5.74, 6) is 1.01. The molecule has 0 aliphatic heterocycles. The summed E-state index contributed by atoms with van der Waals surface area (Å²) in [5, 5.41) is 0. The zero-order valence-corrected chi connectivity index (χ0v) is 7.06. The molecule has 0 bridgehead atoms. The van der Waals surface area contributed by atoms with Crippen LogP contribution in [0.2, 0.25) is 0 Å². The Kier molecular flexibility index (Phi) is 0.894. The highest BCUT2D eigenvalue weighted by Gasteiger charge is 2.68. The summed E-state index contributed by atoms with van der Waals surface area (Å²) in [4.78, 5) is 0. The van der Waals surface area contributed by atoms with E-state index in [-0.39, 0.29) is 0 Å². The van der Waals surface area contributed by atoms with E-state index in [1.54, 1.807) is 11.1 Å². The van der Waals surface area contributed by atoms with E-state index in [0.29, 0.717) is 5.41 Å². The van der Waals surface area contributed by atoms with Gasteiger partial charge < -0.3 is 0 Å². The Labute approximate surface area is 68.0 Å². The van der Waals surface area contributed by atoms with Crippen LogP contribution in [0.5, 0.6) is 0 Å². The Hall–Kier alpha value is -0.520. The van der Waals surface area contributed by atoms with Crippen molar-refractivity contribution in [2.75, 3.05) is 0 Å². The van der Waals surface area contributed by atoms with Crippen LogP contribution in [0.3, 0.4) is 0 Å². The van der Waals surface area contributed by atoms with Crippen molar-refractivity contribution < 1.29 is 0 Å². The van der Waals surface area contributed by atoms with Crippen LogP contribution in [0.25, 0.3) is 0 Å². The molecule has 0 aromatic rings. The molecule has 2 unspecified atom stereocenters. The molecule has 1 spiro atoms. The lowest BCUT2D eigenvalue weighted by Gasteiger charge is -2.20. The van der Waals surface area contributed by atoms with Crippen molar-refractivity contribution in [1.29, 1.82) is 0 Å². The molecule has 0 N–H and O–H groups in total. The average Bonchev–Trinajstić information content (AvgIpc) is 2.43. The number of rotatable bonds is 1. The maximum atomic E-state index is 2.44. The van der Waals surface area contributed by atoms with Gasteiger partial charge in [-0.1, -0.05) is 31.1 Å². The van der Waals surface area contributed by atoms with Crippen molar-refractivity contribution in [1.82, 2.24) is 0 Å². The first-order valence-corrected chi connectivity index (χ1v) is 4.82. The van der Waals surface area contributed by atoms with Gasteiger partial charge in [0, 0.05) is 5.41 Å². The monoisotopic (exact) mass is 146 g/mol. The number of allylic oxidation sites excluding steroid dienone is 4. The molecule has 0 amide bonds. The van der Waals surface area contributed by atoms with Crippen molar-refractivity contribution >= 4 is 0 Å². The zero-order valence-electron chi connectivity index (χ0n) is 7.06. The third kappa shape index (κ3) is 0.473. The van der Waals surface area contributed by atoms with Gasteiger partial charge in [-0.25, -0.2) is 0 Å². The van der Waals surface area contributed by atoms with Crippen molar-refractivity contribution in [3.8, 4) is 0 Å². The summed E-state index contributed by atoms with van der Waals surface area (Å²) in [5.41, 5.74) is 4.16. The van der Waals surface area contributed by atoms with Crippen LogP contribution in [0.1, 0.15) is 32.6 Å². The fraction of sp³-hybridized carbons (Fsp3) is 0.636. The number of hydrogen-bond donors (Lipinski definition) is 0. The molecular weight excluding hydrogens is 132 g/mol. The third-order valence-electron chi connectivity index (χ3n) is 3.72. The molecule has 0 aromatic carbocycles. The van der Waals surface area contributed by atoms with Crippen LogP contribution >= 0.6 is 0 Å². The van der Waals surface area contributed by atoms with E-state index in [9.17, 15) is 0 Å². The lowest BCUT2D eigenvalue weighted by Crippen LogP contribution is -2.08. The van der Waals surface area contributed by atoms with Gasteiger partial charge in [-0.2, -0.15) is 0 Å². The molecule has 2 fully saturated rings. The summed E-state index contributed by atoms with van der Waals surface area (Å²) in [7, 11) is 0. The third-order valence-corrected chi connectivity index (χ3v) is 3.72. The standard InChI is InChI=1S/C11H14/c1-2-4-8-7-10-9-5-3-6-11(8,9)10/h4,7,9H,2-3,5-6H2,1H3/b8-4+. The summed E-state index contributed by atoms with van der Waals surface area (Å²) >= 11 is 0. The summed E-state index contributed by atoms with van der Waals surface area (Å²) in [6.45, 7) is 2.24. The first-order chi connectivity index (χ1) is 5.39. The summed E-state index contributed by atoms with van der Waals surface area (Å²) in [6, 6.07) is 0. The van der Waals surface area contributed by atoms with E-state index in [2.05, 4.69) is 19.1 Å². The molecular formula is C11H14. The second kappa shape index (κ2) is 1.63. The molecule has 0 saturated heterocycles. The minimum absolute atomic E-state index is 0.690. The minimum Gasteiger partial charge on any atom is -0.0807 e. The zero-order chi connectivity index (χ0) is 7.47. The van der Waals surface area contributed by atoms with Gasteiger partial charge in [0.05, 0.1) is 0 Å². The maximum Gasteiger partial charge on any atom is 0.0230 e. The van der Waals surface area contributed by atoms with Crippen LogP contribution < -0.4 is 0 Å². The van der Waals surface area contributed by atoms with E-state index in [1.807, 2.05) is 0 Å². The second-order valence-corrected chi connectivity index (χ2v) is 4.08. The van der Waals surface area contributed by atoms with Gasteiger partial charge >= 0.3 is 0 Å². The largest absolute Gasteiger partial charge is 0.0807 e. The van der Waals surface area contributed by atoms with Gasteiger partial charge in [-0.15, -0.1) is 0 Å². The smallest absolute Gasteiger partial charge is 0.0230 e. The van der Waals surface area contributed by atoms with Crippen LogP contribution in [0.15, 0.2) is 23.3 Å². The normalized spacial score (nSPS) is 47.9. The molecule has 0 radical (unpaired) electrons. The SMILES string of the molecule is CC/C=C1\C=C2C3CCCC213. The first-order valence-electron chi connectivity index (χ1n) is 4.82. The van der Waals surface area contributed by atoms with Crippen molar-refractivity contribution in [2.24, 2.45) is 11.3 Å². The van der Waals surface area contributed by atoms with Gasteiger partial charge in [0.25, 0.3) is 0 Å². The van der Waals surface area contributed by atoms with Crippen LogP contribution in [0, 0.1) is 11.3 Å². The predicted octanol–water partition coefficient (Wildman–Crippen LogP) is 3.06. The maximum absolute atomic E-state index is 2.44. The molecule has 3 aliphatic rings. The highest BCUT2D eigenvalue weighted by Crippen LogP contribution is 2.78. The Morgan fingerprint density at radius 1 is 1.73 bits per heavy atom. The molecule has 2 atom stereocenters. The molecule has 0 aromatic heterocycles. The predicted molar refractivity (Wildman–Crippen MR) is 46.2 cm³/mol. The van der Waals surface area contributed by atoms with Crippen molar-refractivity contribution in [3.63, 3.8) is 0 Å². The molecule has 0 nitrogen and oxygen atoms in total. The minimum atomic E-state index is 0.690. The molecule has 58 valence electrons. The lowest BCUT2D eigenvalue weighted by atomic mass is 9.83. The van der Waals surface area contributed by atoms with Gasteiger partial charge in [0.1, 0.15) is 0 Å². The van der Waals surface area contributed by atoms with Crippen LogP contribution in [-0.2, 0) is 0 Å².